The second kappa shape index (κ2) is 5.71. The summed E-state index contributed by atoms with van der Waals surface area (Å²) in [6.45, 7) is 2.15. The van der Waals surface area contributed by atoms with Crippen molar-refractivity contribution in [2.24, 2.45) is 0 Å². The topological polar surface area (TPSA) is 29.1 Å². The van der Waals surface area contributed by atoms with Crippen LogP contribution in [0.3, 0.4) is 0 Å². The van der Waals surface area contributed by atoms with Crippen molar-refractivity contribution in [2.45, 2.75) is 29.9 Å². The molecule has 20 heavy (non-hydrogen) atoms. The molecule has 1 heterocycles. The normalized spacial score (nSPS) is 18.1. The van der Waals surface area contributed by atoms with E-state index < -0.39 is 0 Å². The second-order valence-corrected chi connectivity index (χ2v) is 6.19. The average molecular weight is 283 g/mol. The van der Waals surface area contributed by atoms with Crippen LogP contribution >= 0.6 is 11.8 Å². The zero-order valence-electron chi connectivity index (χ0n) is 11.4. The molecule has 0 saturated heterocycles. The van der Waals surface area contributed by atoms with Crippen LogP contribution in [0.4, 0.5) is 5.69 Å². The monoisotopic (exact) mass is 283 g/mol. The van der Waals surface area contributed by atoms with Crippen molar-refractivity contribution in [3.8, 4) is 0 Å². The van der Waals surface area contributed by atoms with Crippen LogP contribution in [0.15, 0.2) is 53.4 Å². The quantitative estimate of drug-likeness (QED) is 0.883. The molecule has 1 N–H and O–H groups in total. The number of thioether (sulfide) groups is 1. The van der Waals surface area contributed by atoms with Gasteiger partial charge in [-0.25, -0.2) is 0 Å². The fourth-order valence-corrected chi connectivity index (χ4v) is 3.63. The Hall–Kier alpha value is -1.74. The van der Waals surface area contributed by atoms with Gasteiger partial charge >= 0.3 is 0 Å². The second-order valence-electron chi connectivity index (χ2n) is 4.95. The summed E-state index contributed by atoms with van der Waals surface area (Å²) in [6, 6.07) is 16.6. The molecule has 0 fully saturated rings. The number of carbonyl (C=O) groups is 1. The number of nitrogens with one attached hydrogen (secondary N) is 1. The van der Waals surface area contributed by atoms with Crippen molar-refractivity contribution in [1.82, 2.24) is 0 Å². The van der Waals surface area contributed by atoms with Crippen LogP contribution in [0, 0.1) is 0 Å². The van der Waals surface area contributed by atoms with E-state index >= 15 is 0 Å². The average Bonchev–Trinajstić information content (AvgIpc) is 2.65. The Morgan fingerprint density at radius 3 is 2.65 bits per heavy atom. The molecule has 1 unspecified atom stereocenters. The van der Waals surface area contributed by atoms with Gasteiger partial charge in [0.15, 0.2) is 0 Å². The molecule has 1 atom stereocenters. The zero-order valence-corrected chi connectivity index (χ0v) is 12.2. The van der Waals surface area contributed by atoms with Crippen LogP contribution in [0.1, 0.15) is 29.7 Å². The van der Waals surface area contributed by atoms with Gasteiger partial charge in [-0.15, -0.1) is 11.8 Å². The number of fused-ring (bicyclic) bond motifs is 1. The number of rotatable bonds is 2. The Bertz CT molecular complexity index is 621. The van der Waals surface area contributed by atoms with Gasteiger partial charge in [0.2, 0.25) is 5.91 Å². The number of anilines is 1. The molecule has 102 valence electrons. The molecule has 1 aliphatic heterocycles. The molecule has 1 amide bonds. The lowest BCUT2D eigenvalue weighted by Gasteiger charge is -2.14. The molecule has 2 aromatic rings. The lowest BCUT2D eigenvalue weighted by Crippen LogP contribution is -2.11. The number of hydrogen-bond donors (Lipinski definition) is 1. The SMILES string of the molecule is CCc1ccc(C2CC(=O)Nc3ccccc3S2)cc1. The van der Waals surface area contributed by atoms with Crippen LogP contribution in [-0.2, 0) is 11.2 Å². The molecule has 0 bridgehead atoms. The summed E-state index contributed by atoms with van der Waals surface area (Å²) in [5.74, 6) is 0.0898. The van der Waals surface area contributed by atoms with Crippen molar-refractivity contribution in [1.29, 1.82) is 0 Å². The lowest BCUT2D eigenvalue weighted by atomic mass is 10.1. The maximum atomic E-state index is 12.0. The fraction of sp³-hybridized carbons (Fsp3) is 0.235. The van der Waals surface area contributed by atoms with E-state index in [1.165, 1.54) is 11.1 Å². The van der Waals surface area contributed by atoms with Crippen LogP contribution in [0.2, 0.25) is 0 Å². The van der Waals surface area contributed by atoms with E-state index in [0.717, 1.165) is 17.0 Å². The van der Waals surface area contributed by atoms with Crippen LogP contribution in [-0.4, -0.2) is 5.91 Å². The summed E-state index contributed by atoms with van der Waals surface area (Å²) in [6.07, 6.45) is 1.56. The van der Waals surface area contributed by atoms with Crippen molar-refractivity contribution < 1.29 is 4.79 Å². The van der Waals surface area contributed by atoms with Gasteiger partial charge in [0.25, 0.3) is 0 Å². The fourth-order valence-electron chi connectivity index (χ4n) is 2.39. The molecule has 0 saturated carbocycles. The Kier molecular flexibility index (Phi) is 3.79. The predicted molar refractivity (Wildman–Crippen MR) is 84.1 cm³/mol. The van der Waals surface area contributed by atoms with Crippen molar-refractivity contribution in [3.05, 3.63) is 59.7 Å². The Morgan fingerprint density at radius 2 is 1.90 bits per heavy atom. The molecule has 2 nitrogen and oxygen atoms in total. The van der Waals surface area contributed by atoms with Crippen LogP contribution in [0.5, 0.6) is 0 Å². The van der Waals surface area contributed by atoms with Gasteiger partial charge in [-0.05, 0) is 29.7 Å². The van der Waals surface area contributed by atoms with E-state index in [1.807, 2.05) is 18.2 Å². The molecule has 3 rings (SSSR count). The van der Waals surface area contributed by atoms with E-state index in [2.05, 4.69) is 42.6 Å². The highest BCUT2D eigenvalue weighted by molar-refractivity contribution is 7.99. The van der Waals surface area contributed by atoms with E-state index in [4.69, 9.17) is 0 Å². The minimum atomic E-state index is 0.0898. The first-order valence-electron chi connectivity index (χ1n) is 6.90. The number of para-hydroxylation sites is 1. The van der Waals surface area contributed by atoms with Crippen molar-refractivity contribution in [3.63, 3.8) is 0 Å². The van der Waals surface area contributed by atoms with E-state index in [0.29, 0.717) is 6.42 Å². The summed E-state index contributed by atoms with van der Waals surface area (Å²) >= 11 is 1.76. The molecule has 2 aromatic carbocycles. The minimum Gasteiger partial charge on any atom is -0.325 e. The highest BCUT2D eigenvalue weighted by Crippen LogP contribution is 2.43. The minimum absolute atomic E-state index is 0.0898. The van der Waals surface area contributed by atoms with Gasteiger partial charge in [0.05, 0.1) is 5.69 Å². The summed E-state index contributed by atoms with van der Waals surface area (Å²) in [4.78, 5) is 13.2. The predicted octanol–water partition coefficient (Wildman–Crippen LogP) is 4.42. The van der Waals surface area contributed by atoms with Gasteiger partial charge < -0.3 is 5.32 Å². The number of hydrogen-bond acceptors (Lipinski definition) is 2. The van der Waals surface area contributed by atoms with E-state index in [9.17, 15) is 4.79 Å². The molecule has 0 aliphatic carbocycles. The highest BCUT2D eigenvalue weighted by atomic mass is 32.2. The molecular formula is C17H17NOS. The maximum absolute atomic E-state index is 12.0. The summed E-state index contributed by atoms with van der Waals surface area (Å²) in [5, 5.41) is 3.17. The lowest BCUT2D eigenvalue weighted by molar-refractivity contribution is -0.116. The highest BCUT2D eigenvalue weighted by Gasteiger charge is 2.23. The third-order valence-electron chi connectivity index (χ3n) is 3.56. The molecule has 3 heteroatoms. The van der Waals surface area contributed by atoms with Crippen LogP contribution in [0.25, 0.3) is 0 Å². The van der Waals surface area contributed by atoms with E-state index in [1.54, 1.807) is 11.8 Å². The first-order valence-corrected chi connectivity index (χ1v) is 7.78. The summed E-state index contributed by atoms with van der Waals surface area (Å²) < 4.78 is 0. The largest absolute Gasteiger partial charge is 0.325 e. The van der Waals surface area contributed by atoms with Gasteiger partial charge in [0.1, 0.15) is 0 Å². The number of carbonyl (C=O) groups excluding carboxylic acids is 1. The van der Waals surface area contributed by atoms with Crippen molar-refractivity contribution >= 4 is 23.4 Å². The van der Waals surface area contributed by atoms with Crippen molar-refractivity contribution in [2.75, 3.05) is 5.32 Å². The van der Waals surface area contributed by atoms with E-state index in [-0.39, 0.29) is 11.2 Å². The molecule has 0 aromatic heterocycles. The van der Waals surface area contributed by atoms with Gasteiger partial charge in [-0.3, -0.25) is 4.79 Å². The van der Waals surface area contributed by atoms with Gasteiger partial charge in [-0.1, -0.05) is 43.3 Å². The first-order chi connectivity index (χ1) is 9.76. The first kappa shape index (κ1) is 13.3. The van der Waals surface area contributed by atoms with Gasteiger partial charge in [-0.2, -0.15) is 0 Å². The number of benzene rings is 2. The standard InChI is InChI=1S/C17H17NOS/c1-2-12-7-9-13(10-8-12)16-11-17(19)18-14-5-3-4-6-15(14)20-16/h3-10,16H,2,11H2,1H3,(H,18,19). The summed E-state index contributed by atoms with van der Waals surface area (Å²) in [7, 11) is 0. The Labute approximate surface area is 123 Å². The molecule has 0 radical (unpaired) electrons. The molecular weight excluding hydrogens is 266 g/mol. The number of amides is 1. The van der Waals surface area contributed by atoms with Crippen LogP contribution < -0.4 is 5.32 Å². The number of aryl methyl sites for hydroxylation is 1. The Morgan fingerprint density at radius 1 is 1.15 bits per heavy atom. The summed E-state index contributed by atoms with van der Waals surface area (Å²) in [5.41, 5.74) is 3.48. The third-order valence-corrected chi connectivity index (χ3v) is 4.89. The third kappa shape index (κ3) is 2.73. The molecule has 1 aliphatic rings. The smallest absolute Gasteiger partial charge is 0.225 e. The molecule has 0 spiro atoms. The Balaban J connectivity index is 1.91. The maximum Gasteiger partial charge on any atom is 0.225 e. The van der Waals surface area contributed by atoms with Gasteiger partial charge in [0, 0.05) is 16.6 Å². The zero-order chi connectivity index (χ0) is 13.9.